The Hall–Kier alpha value is -1.40. The zero-order chi connectivity index (χ0) is 47.9. The van der Waals surface area contributed by atoms with Crippen molar-refractivity contribution in [2.24, 2.45) is 0 Å². The third-order valence-corrected chi connectivity index (χ3v) is 14.1. The van der Waals surface area contributed by atoms with Crippen molar-refractivity contribution in [1.29, 1.82) is 0 Å². The van der Waals surface area contributed by atoms with Gasteiger partial charge in [0, 0.05) is 12.8 Å². The van der Waals surface area contributed by atoms with Crippen molar-refractivity contribution in [2.45, 2.75) is 347 Å². The van der Waals surface area contributed by atoms with E-state index in [1.165, 1.54) is 263 Å². The van der Waals surface area contributed by atoms with Gasteiger partial charge < -0.3 is 20.3 Å². The topological polar surface area (TPSA) is 95.9 Å². The fourth-order valence-electron chi connectivity index (χ4n) is 9.46. The summed E-state index contributed by atoms with van der Waals surface area (Å²) >= 11 is 0. The second-order valence-electron chi connectivity index (χ2n) is 20.7. The monoisotopic (exact) mass is 932 g/mol. The van der Waals surface area contributed by atoms with Gasteiger partial charge in [0.15, 0.2) is 0 Å². The highest BCUT2D eigenvalue weighted by Gasteiger charge is 2.18. The summed E-state index contributed by atoms with van der Waals surface area (Å²) in [5.74, 6) is -0.0692. The van der Waals surface area contributed by atoms with E-state index in [2.05, 4.69) is 19.2 Å². The molecule has 0 aliphatic heterocycles. The molecule has 0 aliphatic rings. The maximum Gasteiger partial charge on any atom is 0.305 e. The standard InChI is InChI=1S/C60H117NO5/c1-3-5-7-9-11-13-15-17-19-20-21-22-26-30-34-38-42-46-50-54-60(65)66-55-51-47-43-39-35-31-27-23-25-29-33-37-41-45-49-53-59(64)61-57(56-62)58(63)52-48-44-40-36-32-28-24-18-16-14-12-10-8-6-4-2/h48,52,57-58,62-63H,3-47,49-51,53-56H2,1-2H3,(H,61,64)/b52-48+. The summed E-state index contributed by atoms with van der Waals surface area (Å²) in [4.78, 5) is 24.6. The number of nitrogens with one attached hydrogen (secondary N) is 1. The van der Waals surface area contributed by atoms with Crippen LogP contribution >= 0.6 is 0 Å². The molecule has 0 rings (SSSR count). The summed E-state index contributed by atoms with van der Waals surface area (Å²) in [5.41, 5.74) is 0. The number of aliphatic hydroxyl groups is 2. The fourth-order valence-corrected chi connectivity index (χ4v) is 9.46. The van der Waals surface area contributed by atoms with Crippen LogP contribution in [0.15, 0.2) is 12.2 Å². The lowest BCUT2D eigenvalue weighted by Gasteiger charge is -2.20. The van der Waals surface area contributed by atoms with Crippen LogP contribution in [0.5, 0.6) is 0 Å². The summed E-state index contributed by atoms with van der Waals surface area (Å²) < 4.78 is 5.49. The molecule has 0 radical (unpaired) electrons. The summed E-state index contributed by atoms with van der Waals surface area (Å²) in [7, 11) is 0. The number of ether oxygens (including phenoxy) is 1. The molecule has 2 unspecified atom stereocenters. The third-order valence-electron chi connectivity index (χ3n) is 14.1. The van der Waals surface area contributed by atoms with Crippen LogP contribution in [0.2, 0.25) is 0 Å². The molecule has 6 nitrogen and oxygen atoms in total. The number of esters is 1. The van der Waals surface area contributed by atoms with E-state index in [4.69, 9.17) is 4.74 Å². The van der Waals surface area contributed by atoms with E-state index in [0.29, 0.717) is 19.4 Å². The van der Waals surface area contributed by atoms with Crippen molar-refractivity contribution in [3.63, 3.8) is 0 Å². The van der Waals surface area contributed by atoms with Crippen LogP contribution < -0.4 is 5.32 Å². The molecule has 0 aromatic rings. The zero-order valence-corrected chi connectivity index (χ0v) is 44.7. The lowest BCUT2D eigenvalue weighted by atomic mass is 10.0. The Kier molecular flexibility index (Phi) is 55.0. The van der Waals surface area contributed by atoms with Crippen LogP contribution in [0.25, 0.3) is 0 Å². The zero-order valence-electron chi connectivity index (χ0n) is 44.7. The highest BCUT2D eigenvalue weighted by atomic mass is 16.5. The van der Waals surface area contributed by atoms with E-state index in [1.54, 1.807) is 6.08 Å². The van der Waals surface area contributed by atoms with Gasteiger partial charge in [-0.15, -0.1) is 0 Å². The average molecular weight is 933 g/mol. The van der Waals surface area contributed by atoms with Crippen molar-refractivity contribution in [2.75, 3.05) is 13.2 Å². The largest absolute Gasteiger partial charge is 0.466 e. The number of carbonyl (C=O) groups excluding carboxylic acids is 2. The molecule has 2 atom stereocenters. The van der Waals surface area contributed by atoms with Crippen LogP contribution in [0, 0.1) is 0 Å². The highest BCUT2D eigenvalue weighted by molar-refractivity contribution is 5.76. The average Bonchev–Trinajstić information content (AvgIpc) is 3.32. The summed E-state index contributed by atoms with van der Waals surface area (Å²) in [6, 6.07) is -0.633. The summed E-state index contributed by atoms with van der Waals surface area (Å²) in [5, 5.41) is 23.1. The normalized spacial score (nSPS) is 12.6. The van der Waals surface area contributed by atoms with Crippen molar-refractivity contribution in [3.05, 3.63) is 12.2 Å². The molecular formula is C60H117NO5. The number of aliphatic hydroxyl groups excluding tert-OH is 2. The molecule has 6 heteroatoms. The van der Waals surface area contributed by atoms with Gasteiger partial charge in [0.2, 0.25) is 5.91 Å². The molecular weight excluding hydrogens is 815 g/mol. The van der Waals surface area contributed by atoms with Crippen LogP contribution in [0.3, 0.4) is 0 Å². The van der Waals surface area contributed by atoms with Gasteiger partial charge in [0.05, 0.1) is 25.4 Å². The Balaban J connectivity index is 3.41. The molecule has 0 spiro atoms. The first-order valence-corrected chi connectivity index (χ1v) is 30.0. The lowest BCUT2D eigenvalue weighted by Crippen LogP contribution is -2.45. The molecule has 0 saturated heterocycles. The van der Waals surface area contributed by atoms with Gasteiger partial charge in [-0.1, -0.05) is 302 Å². The Morgan fingerprint density at radius 3 is 1.03 bits per heavy atom. The molecule has 66 heavy (non-hydrogen) atoms. The van der Waals surface area contributed by atoms with Crippen LogP contribution in [0.4, 0.5) is 0 Å². The van der Waals surface area contributed by atoms with Crippen LogP contribution in [-0.2, 0) is 14.3 Å². The van der Waals surface area contributed by atoms with Gasteiger partial charge in [0.25, 0.3) is 0 Å². The second kappa shape index (κ2) is 56.2. The summed E-state index contributed by atoms with van der Waals surface area (Å²) in [6.45, 7) is 4.91. The minimum atomic E-state index is -0.849. The molecule has 3 N–H and O–H groups in total. The van der Waals surface area contributed by atoms with Crippen molar-refractivity contribution < 1.29 is 24.5 Å². The first kappa shape index (κ1) is 64.6. The number of unbranched alkanes of at least 4 members (excludes halogenated alkanes) is 45. The van der Waals surface area contributed by atoms with Crippen LogP contribution in [0.1, 0.15) is 335 Å². The van der Waals surface area contributed by atoms with E-state index in [0.717, 1.165) is 44.9 Å². The maximum atomic E-state index is 12.5. The Labute approximate surface area is 412 Å². The Morgan fingerprint density at radius 2 is 0.697 bits per heavy atom. The molecule has 0 fully saturated rings. The van der Waals surface area contributed by atoms with E-state index >= 15 is 0 Å². The predicted molar refractivity (Wildman–Crippen MR) is 287 cm³/mol. The second-order valence-corrected chi connectivity index (χ2v) is 20.7. The SMILES string of the molecule is CCCCCCCCCCCCCCC/C=C/C(O)C(CO)NC(=O)CCCCCCCCCCCCCCCCCOC(=O)CCCCCCCCCCCCCCCCCCCCC. The first-order chi connectivity index (χ1) is 32.5. The number of rotatable bonds is 56. The van der Waals surface area contributed by atoms with Crippen molar-refractivity contribution in [1.82, 2.24) is 5.32 Å². The Bertz CT molecular complexity index is 986. The molecule has 0 bridgehead atoms. The van der Waals surface area contributed by atoms with Gasteiger partial charge in [-0.3, -0.25) is 9.59 Å². The fraction of sp³-hybridized carbons (Fsp3) is 0.933. The van der Waals surface area contributed by atoms with E-state index in [1.807, 2.05) is 6.08 Å². The quantitative estimate of drug-likeness (QED) is 0.0321. The molecule has 0 aromatic heterocycles. The Morgan fingerprint density at radius 1 is 0.409 bits per heavy atom. The lowest BCUT2D eigenvalue weighted by molar-refractivity contribution is -0.143. The molecule has 0 saturated carbocycles. The minimum absolute atomic E-state index is 0.00493. The number of allylic oxidation sites excluding steroid dienone is 1. The first-order valence-electron chi connectivity index (χ1n) is 30.0. The van der Waals surface area contributed by atoms with Crippen LogP contribution in [-0.4, -0.2) is 47.4 Å². The number of hydrogen-bond acceptors (Lipinski definition) is 5. The molecule has 1 amide bonds. The maximum absolute atomic E-state index is 12.5. The van der Waals surface area contributed by atoms with Gasteiger partial charge in [-0.2, -0.15) is 0 Å². The van der Waals surface area contributed by atoms with Gasteiger partial charge in [-0.05, 0) is 32.1 Å². The minimum Gasteiger partial charge on any atom is -0.466 e. The molecule has 0 aliphatic carbocycles. The molecule has 392 valence electrons. The van der Waals surface area contributed by atoms with Crippen molar-refractivity contribution >= 4 is 11.9 Å². The van der Waals surface area contributed by atoms with Gasteiger partial charge in [0.1, 0.15) is 0 Å². The number of hydrogen-bond donors (Lipinski definition) is 3. The number of amides is 1. The van der Waals surface area contributed by atoms with Gasteiger partial charge >= 0.3 is 5.97 Å². The highest BCUT2D eigenvalue weighted by Crippen LogP contribution is 2.18. The molecule has 0 aromatic carbocycles. The smallest absolute Gasteiger partial charge is 0.305 e. The van der Waals surface area contributed by atoms with E-state index < -0.39 is 12.1 Å². The van der Waals surface area contributed by atoms with Crippen molar-refractivity contribution in [3.8, 4) is 0 Å². The van der Waals surface area contributed by atoms with E-state index in [9.17, 15) is 19.8 Å². The summed E-state index contributed by atoms with van der Waals surface area (Å²) in [6.07, 6.45) is 66.6. The third kappa shape index (κ3) is 52.0. The number of carbonyl (C=O) groups is 2. The van der Waals surface area contributed by atoms with E-state index in [-0.39, 0.29) is 18.5 Å². The molecule has 0 heterocycles. The van der Waals surface area contributed by atoms with Gasteiger partial charge in [-0.25, -0.2) is 0 Å². The predicted octanol–water partition coefficient (Wildman–Crippen LogP) is 18.5.